The molecule has 5 heteroatoms. The van der Waals surface area contributed by atoms with E-state index in [0.717, 1.165) is 19.3 Å². The first-order valence-electron chi connectivity index (χ1n) is 6.23. The molecule has 1 aromatic carbocycles. The number of hydrogen-bond acceptors (Lipinski definition) is 3. The molecule has 2 atom stereocenters. The van der Waals surface area contributed by atoms with Crippen molar-refractivity contribution in [2.45, 2.75) is 43.7 Å². The topological polar surface area (TPSA) is 66.4 Å². The van der Waals surface area contributed by atoms with Gasteiger partial charge >= 0.3 is 0 Å². The van der Waals surface area contributed by atoms with Crippen LogP contribution in [0.5, 0.6) is 0 Å². The molecule has 2 N–H and O–H groups in total. The molecule has 0 aromatic heterocycles. The Bertz CT molecular complexity index is 495. The summed E-state index contributed by atoms with van der Waals surface area (Å²) >= 11 is 0. The highest BCUT2D eigenvalue weighted by Gasteiger charge is 2.26. The third-order valence-electron chi connectivity index (χ3n) is 3.43. The summed E-state index contributed by atoms with van der Waals surface area (Å²) in [7, 11) is -3.42. The van der Waals surface area contributed by atoms with Gasteiger partial charge in [-0.15, -0.1) is 0 Å². The number of nitrogens with one attached hydrogen (secondary N) is 1. The molecule has 0 saturated heterocycles. The van der Waals surface area contributed by atoms with Gasteiger partial charge in [-0.1, -0.05) is 19.1 Å². The fraction of sp³-hybridized carbons (Fsp3) is 0.538. The Kier molecular flexibility index (Phi) is 4.04. The molecule has 1 aromatic rings. The van der Waals surface area contributed by atoms with Crippen LogP contribution in [0.15, 0.2) is 29.2 Å². The van der Waals surface area contributed by atoms with Gasteiger partial charge in [-0.2, -0.15) is 0 Å². The largest absolute Gasteiger partial charge is 0.392 e. The van der Waals surface area contributed by atoms with E-state index in [1.165, 1.54) is 12.1 Å². The SMILES string of the molecule is CC1CCC(NS(=O)(=O)c2ccc(CO)cc2)C1. The molecule has 0 amide bonds. The van der Waals surface area contributed by atoms with Crippen molar-refractivity contribution in [3.05, 3.63) is 29.8 Å². The molecule has 1 aliphatic carbocycles. The van der Waals surface area contributed by atoms with E-state index >= 15 is 0 Å². The lowest BCUT2D eigenvalue weighted by Crippen LogP contribution is -2.32. The minimum Gasteiger partial charge on any atom is -0.392 e. The number of aliphatic hydroxyl groups excluding tert-OH is 1. The summed E-state index contributed by atoms with van der Waals surface area (Å²) in [4.78, 5) is 0.263. The van der Waals surface area contributed by atoms with Gasteiger partial charge in [-0.25, -0.2) is 13.1 Å². The van der Waals surface area contributed by atoms with Crippen molar-refractivity contribution in [3.8, 4) is 0 Å². The van der Waals surface area contributed by atoms with Crippen LogP contribution in [-0.2, 0) is 16.6 Å². The third-order valence-corrected chi connectivity index (χ3v) is 4.97. The Morgan fingerprint density at radius 3 is 2.44 bits per heavy atom. The van der Waals surface area contributed by atoms with Crippen LogP contribution in [0.25, 0.3) is 0 Å². The maximum absolute atomic E-state index is 12.1. The molecule has 0 spiro atoms. The molecule has 2 unspecified atom stereocenters. The predicted octanol–water partition coefficient (Wildman–Crippen LogP) is 1.65. The Hall–Kier alpha value is -0.910. The van der Waals surface area contributed by atoms with Gasteiger partial charge in [0.05, 0.1) is 11.5 Å². The maximum Gasteiger partial charge on any atom is 0.240 e. The van der Waals surface area contributed by atoms with Crippen LogP contribution < -0.4 is 4.72 Å². The molecule has 1 aliphatic rings. The van der Waals surface area contributed by atoms with E-state index in [9.17, 15) is 8.42 Å². The summed E-state index contributed by atoms with van der Waals surface area (Å²) in [6.07, 6.45) is 2.90. The van der Waals surface area contributed by atoms with E-state index in [-0.39, 0.29) is 17.5 Å². The summed E-state index contributed by atoms with van der Waals surface area (Å²) in [6.45, 7) is 2.07. The molecule has 1 fully saturated rings. The van der Waals surface area contributed by atoms with Gasteiger partial charge in [-0.05, 0) is 42.9 Å². The summed E-state index contributed by atoms with van der Waals surface area (Å²) in [5, 5.41) is 8.93. The van der Waals surface area contributed by atoms with Crippen LogP contribution in [0.1, 0.15) is 31.7 Å². The Balaban J connectivity index is 2.10. The van der Waals surface area contributed by atoms with Crippen molar-refractivity contribution in [2.24, 2.45) is 5.92 Å². The van der Waals surface area contributed by atoms with Gasteiger partial charge < -0.3 is 5.11 Å². The van der Waals surface area contributed by atoms with Crippen LogP contribution in [0.4, 0.5) is 0 Å². The van der Waals surface area contributed by atoms with Crippen molar-refractivity contribution in [1.29, 1.82) is 0 Å². The van der Waals surface area contributed by atoms with Crippen LogP contribution in [0.3, 0.4) is 0 Å². The van der Waals surface area contributed by atoms with Crippen molar-refractivity contribution in [3.63, 3.8) is 0 Å². The van der Waals surface area contributed by atoms with Gasteiger partial charge in [0.1, 0.15) is 0 Å². The van der Waals surface area contributed by atoms with E-state index in [2.05, 4.69) is 11.6 Å². The molecule has 1 saturated carbocycles. The molecule has 0 aliphatic heterocycles. The zero-order valence-electron chi connectivity index (χ0n) is 10.5. The van der Waals surface area contributed by atoms with E-state index < -0.39 is 10.0 Å². The Morgan fingerprint density at radius 1 is 1.28 bits per heavy atom. The molecule has 2 rings (SSSR count). The van der Waals surface area contributed by atoms with Crippen LogP contribution in [-0.4, -0.2) is 19.6 Å². The average molecular weight is 269 g/mol. The third kappa shape index (κ3) is 3.10. The minimum atomic E-state index is -3.42. The molecular weight excluding hydrogens is 250 g/mol. The molecule has 4 nitrogen and oxygen atoms in total. The van der Waals surface area contributed by atoms with Crippen LogP contribution in [0.2, 0.25) is 0 Å². The first-order valence-corrected chi connectivity index (χ1v) is 7.71. The second-order valence-electron chi connectivity index (χ2n) is 5.04. The summed E-state index contributed by atoms with van der Waals surface area (Å²) in [6, 6.07) is 6.39. The first kappa shape index (κ1) is 13.5. The summed E-state index contributed by atoms with van der Waals surface area (Å²) in [5.41, 5.74) is 0.712. The number of benzene rings is 1. The van der Waals surface area contributed by atoms with Crippen molar-refractivity contribution in [2.75, 3.05) is 0 Å². The highest BCUT2D eigenvalue weighted by atomic mass is 32.2. The second-order valence-corrected chi connectivity index (χ2v) is 6.75. The average Bonchev–Trinajstić information content (AvgIpc) is 2.74. The lowest BCUT2D eigenvalue weighted by atomic mass is 10.1. The van der Waals surface area contributed by atoms with E-state index in [4.69, 9.17) is 5.11 Å². The number of sulfonamides is 1. The minimum absolute atomic E-state index is 0.0579. The quantitative estimate of drug-likeness (QED) is 0.873. The van der Waals surface area contributed by atoms with Crippen molar-refractivity contribution >= 4 is 10.0 Å². The Morgan fingerprint density at radius 2 is 1.94 bits per heavy atom. The maximum atomic E-state index is 12.1. The standard InChI is InChI=1S/C13H19NO3S/c1-10-2-5-12(8-10)14-18(16,17)13-6-3-11(9-15)4-7-13/h3-4,6-7,10,12,14-15H,2,5,8-9H2,1H3. The highest BCUT2D eigenvalue weighted by Crippen LogP contribution is 2.26. The van der Waals surface area contributed by atoms with E-state index in [1.807, 2.05) is 0 Å². The van der Waals surface area contributed by atoms with Gasteiger partial charge in [0.15, 0.2) is 0 Å². The number of aliphatic hydroxyl groups is 1. The van der Waals surface area contributed by atoms with E-state index in [1.54, 1.807) is 12.1 Å². The smallest absolute Gasteiger partial charge is 0.240 e. The van der Waals surface area contributed by atoms with Crippen LogP contribution >= 0.6 is 0 Å². The fourth-order valence-electron chi connectivity index (χ4n) is 2.38. The number of rotatable bonds is 4. The van der Waals surface area contributed by atoms with Crippen molar-refractivity contribution < 1.29 is 13.5 Å². The molecule has 0 heterocycles. The van der Waals surface area contributed by atoms with E-state index in [0.29, 0.717) is 11.5 Å². The number of hydrogen-bond donors (Lipinski definition) is 2. The normalized spacial score (nSPS) is 24.3. The lowest BCUT2D eigenvalue weighted by molar-refractivity contribution is 0.282. The second kappa shape index (κ2) is 5.38. The van der Waals surface area contributed by atoms with Gasteiger partial charge in [0.2, 0.25) is 10.0 Å². The Labute approximate surface area is 108 Å². The monoisotopic (exact) mass is 269 g/mol. The highest BCUT2D eigenvalue weighted by molar-refractivity contribution is 7.89. The van der Waals surface area contributed by atoms with Crippen LogP contribution in [0, 0.1) is 5.92 Å². The first-order chi connectivity index (χ1) is 8.51. The molecule has 100 valence electrons. The fourth-order valence-corrected chi connectivity index (χ4v) is 3.66. The van der Waals surface area contributed by atoms with Crippen molar-refractivity contribution in [1.82, 2.24) is 4.72 Å². The molecule has 0 radical (unpaired) electrons. The zero-order valence-corrected chi connectivity index (χ0v) is 11.3. The van der Waals surface area contributed by atoms with Gasteiger partial charge in [-0.3, -0.25) is 0 Å². The molecule has 18 heavy (non-hydrogen) atoms. The summed E-state index contributed by atoms with van der Waals surface area (Å²) < 4.78 is 27.0. The zero-order chi connectivity index (χ0) is 13.2. The van der Waals surface area contributed by atoms with Gasteiger partial charge in [0, 0.05) is 6.04 Å². The lowest BCUT2D eigenvalue weighted by Gasteiger charge is -2.13. The molecule has 0 bridgehead atoms. The summed E-state index contributed by atoms with van der Waals surface area (Å²) in [5.74, 6) is 0.592. The predicted molar refractivity (Wildman–Crippen MR) is 69.5 cm³/mol. The van der Waals surface area contributed by atoms with Gasteiger partial charge in [0.25, 0.3) is 0 Å². The molecular formula is C13H19NO3S.